The molecule has 122 valence electrons. The molecule has 2 aliphatic heterocycles. The second-order valence-corrected chi connectivity index (χ2v) is 6.11. The molecule has 2 heterocycles. The molecule has 2 rings (SSSR count). The molecule has 0 amide bonds. The SMILES string of the molecule is CCCN1CCC(NC(=NCC2CCCO2)NCC)CC1. The van der Waals surface area contributed by atoms with E-state index in [9.17, 15) is 0 Å². The van der Waals surface area contributed by atoms with E-state index in [2.05, 4.69) is 29.4 Å². The van der Waals surface area contributed by atoms with Crippen LogP contribution < -0.4 is 10.6 Å². The number of ether oxygens (including phenoxy) is 1. The predicted molar refractivity (Wildman–Crippen MR) is 87.8 cm³/mol. The van der Waals surface area contributed by atoms with Gasteiger partial charge < -0.3 is 20.3 Å². The van der Waals surface area contributed by atoms with E-state index in [1.807, 2.05) is 0 Å². The van der Waals surface area contributed by atoms with Gasteiger partial charge in [-0.15, -0.1) is 0 Å². The van der Waals surface area contributed by atoms with Crippen LogP contribution in [0.2, 0.25) is 0 Å². The first-order valence-electron chi connectivity index (χ1n) is 8.70. The molecule has 5 heteroatoms. The van der Waals surface area contributed by atoms with E-state index in [-0.39, 0.29) is 0 Å². The van der Waals surface area contributed by atoms with E-state index in [4.69, 9.17) is 9.73 Å². The van der Waals surface area contributed by atoms with Crippen molar-refractivity contribution in [3.8, 4) is 0 Å². The zero-order valence-electron chi connectivity index (χ0n) is 13.7. The Kier molecular flexibility index (Phi) is 7.30. The molecule has 0 aromatic carbocycles. The first-order valence-corrected chi connectivity index (χ1v) is 8.70. The third-order valence-corrected chi connectivity index (χ3v) is 4.29. The second kappa shape index (κ2) is 9.26. The van der Waals surface area contributed by atoms with E-state index in [1.165, 1.54) is 45.3 Å². The summed E-state index contributed by atoms with van der Waals surface area (Å²) in [7, 11) is 0. The molecular weight excluding hydrogens is 264 g/mol. The summed E-state index contributed by atoms with van der Waals surface area (Å²) in [5.74, 6) is 0.960. The fourth-order valence-corrected chi connectivity index (χ4v) is 3.11. The molecule has 2 fully saturated rings. The molecule has 0 aromatic heterocycles. The lowest BCUT2D eigenvalue weighted by Gasteiger charge is -2.32. The van der Waals surface area contributed by atoms with Crippen LogP contribution in [0.4, 0.5) is 0 Å². The second-order valence-electron chi connectivity index (χ2n) is 6.11. The van der Waals surface area contributed by atoms with Crippen LogP contribution in [0.3, 0.4) is 0 Å². The Morgan fingerprint density at radius 1 is 1.24 bits per heavy atom. The highest BCUT2D eigenvalue weighted by molar-refractivity contribution is 5.80. The monoisotopic (exact) mass is 296 g/mol. The molecule has 0 aromatic rings. The van der Waals surface area contributed by atoms with Gasteiger partial charge in [-0.3, -0.25) is 4.99 Å². The van der Waals surface area contributed by atoms with Crippen molar-refractivity contribution in [3.05, 3.63) is 0 Å². The maximum Gasteiger partial charge on any atom is 0.191 e. The molecule has 2 saturated heterocycles. The van der Waals surface area contributed by atoms with E-state index in [0.717, 1.165) is 32.1 Å². The number of rotatable bonds is 6. The van der Waals surface area contributed by atoms with Gasteiger partial charge in [-0.05, 0) is 45.6 Å². The Bertz CT molecular complexity index is 307. The van der Waals surface area contributed by atoms with Gasteiger partial charge >= 0.3 is 0 Å². The molecular formula is C16H32N4O. The Labute approximate surface area is 129 Å². The molecule has 1 unspecified atom stereocenters. The van der Waals surface area contributed by atoms with Crippen molar-refractivity contribution in [1.29, 1.82) is 0 Å². The van der Waals surface area contributed by atoms with Crippen LogP contribution in [-0.4, -0.2) is 62.3 Å². The average Bonchev–Trinajstić information content (AvgIpc) is 3.01. The Morgan fingerprint density at radius 2 is 2.05 bits per heavy atom. The van der Waals surface area contributed by atoms with Gasteiger partial charge in [0.25, 0.3) is 0 Å². The predicted octanol–water partition coefficient (Wildman–Crippen LogP) is 1.59. The normalized spacial score (nSPS) is 25.2. The van der Waals surface area contributed by atoms with Gasteiger partial charge in [0.1, 0.15) is 0 Å². The van der Waals surface area contributed by atoms with E-state index >= 15 is 0 Å². The number of hydrogen-bond acceptors (Lipinski definition) is 3. The van der Waals surface area contributed by atoms with E-state index < -0.39 is 0 Å². The maximum absolute atomic E-state index is 5.64. The molecule has 0 saturated carbocycles. The maximum atomic E-state index is 5.64. The van der Waals surface area contributed by atoms with Crippen LogP contribution in [0.25, 0.3) is 0 Å². The summed E-state index contributed by atoms with van der Waals surface area (Å²) in [4.78, 5) is 7.26. The van der Waals surface area contributed by atoms with Gasteiger partial charge in [0.2, 0.25) is 0 Å². The summed E-state index contributed by atoms with van der Waals surface area (Å²) in [6.45, 7) is 10.6. The average molecular weight is 296 g/mol. The fourth-order valence-electron chi connectivity index (χ4n) is 3.11. The number of nitrogens with one attached hydrogen (secondary N) is 2. The van der Waals surface area contributed by atoms with Crippen LogP contribution in [-0.2, 0) is 4.74 Å². The standard InChI is InChI=1S/C16H32N4O/c1-3-9-20-10-7-14(8-11-20)19-16(17-4-2)18-13-15-6-5-12-21-15/h14-15H,3-13H2,1-2H3,(H2,17,18,19). The Balaban J connectivity index is 1.75. The lowest BCUT2D eigenvalue weighted by atomic mass is 10.1. The summed E-state index contributed by atoms with van der Waals surface area (Å²) in [6, 6.07) is 0.556. The van der Waals surface area contributed by atoms with Crippen LogP contribution >= 0.6 is 0 Å². The summed E-state index contributed by atoms with van der Waals surface area (Å²) in [6.07, 6.45) is 6.34. The van der Waals surface area contributed by atoms with Crippen molar-refractivity contribution in [1.82, 2.24) is 15.5 Å². The van der Waals surface area contributed by atoms with Crippen LogP contribution in [0.15, 0.2) is 4.99 Å². The largest absolute Gasteiger partial charge is 0.376 e. The van der Waals surface area contributed by atoms with Crippen LogP contribution in [0.5, 0.6) is 0 Å². The van der Waals surface area contributed by atoms with Gasteiger partial charge in [-0.2, -0.15) is 0 Å². The van der Waals surface area contributed by atoms with Gasteiger partial charge in [0.15, 0.2) is 5.96 Å². The molecule has 0 spiro atoms. The van der Waals surface area contributed by atoms with Gasteiger partial charge in [-0.25, -0.2) is 0 Å². The molecule has 0 bridgehead atoms. The first kappa shape index (κ1) is 16.6. The van der Waals surface area contributed by atoms with Gasteiger partial charge in [-0.1, -0.05) is 6.92 Å². The topological polar surface area (TPSA) is 48.9 Å². The zero-order valence-corrected chi connectivity index (χ0v) is 13.7. The molecule has 0 radical (unpaired) electrons. The van der Waals surface area contributed by atoms with Crippen molar-refractivity contribution in [2.75, 3.05) is 39.3 Å². The van der Waals surface area contributed by atoms with E-state index in [0.29, 0.717) is 12.1 Å². The van der Waals surface area contributed by atoms with E-state index in [1.54, 1.807) is 0 Å². The Morgan fingerprint density at radius 3 is 2.67 bits per heavy atom. The van der Waals surface area contributed by atoms with Crippen LogP contribution in [0.1, 0.15) is 46.0 Å². The highest BCUT2D eigenvalue weighted by Gasteiger charge is 2.20. The van der Waals surface area contributed by atoms with Crippen molar-refractivity contribution in [2.24, 2.45) is 4.99 Å². The van der Waals surface area contributed by atoms with Crippen molar-refractivity contribution < 1.29 is 4.74 Å². The van der Waals surface area contributed by atoms with Crippen LogP contribution in [0, 0.1) is 0 Å². The van der Waals surface area contributed by atoms with Crippen molar-refractivity contribution in [2.45, 2.75) is 58.1 Å². The minimum absolute atomic E-state index is 0.326. The molecule has 2 aliphatic rings. The summed E-state index contributed by atoms with van der Waals surface area (Å²) >= 11 is 0. The minimum Gasteiger partial charge on any atom is -0.376 e. The lowest BCUT2D eigenvalue weighted by molar-refractivity contribution is 0.117. The van der Waals surface area contributed by atoms with Crippen molar-refractivity contribution >= 4 is 5.96 Å². The number of aliphatic imine (C=N–C) groups is 1. The highest BCUT2D eigenvalue weighted by atomic mass is 16.5. The number of hydrogen-bond donors (Lipinski definition) is 2. The molecule has 2 N–H and O–H groups in total. The minimum atomic E-state index is 0.326. The molecule has 1 atom stereocenters. The van der Waals surface area contributed by atoms with Gasteiger partial charge in [0.05, 0.1) is 12.6 Å². The van der Waals surface area contributed by atoms with Crippen molar-refractivity contribution in [3.63, 3.8) is 0 Å². The zero-order chi connectivity index (χ0) is 14.9. The molecule has 21 heavy (non-hydrogen) atoms. The number of piperidine rings is 1. The molecule has 5 nitrogen and oxygen atoms in total. The fraction of sp³-hybridized carbons (Fsp3) is 0.938. The summed E-state index contributed by atoms with van der Waals surface area (Å²) < 4.78 is 5.64. The summed E-state index contributed by atoms with van der Waals surface area (Å²) in [5, 5.41) is 6.96. The lowest BCUT2D eigenvalue weighted by Crippen LogP contribution is -2.49. The quantitative estimate of drug-likeness (QED) is 0.577. The Hall–Kier alpha value is -0.810. The first-order chi connectivity index (χ1) is 10.3. The highest BCUT2D eigenvalue weighted by Crippen LogP contribution is 2.12. The number of guanidine groups is 1. The summed E-state index contributed by atoms with van der Waals surface area (Å²) in [5.41, 5.74) is 0. The van der Waals surface area contributed by atoms with Gasteiger partial charge in [0, 0.05) is 32.3 Å². The number of nitrogens with zero attached hydrogens (tertiary/aromatic N) is 2. The third-order valence-electron chi connectivity index (χ3n) is 4.29. The third kappa shape index (κ3) is 5.83. The molecule has 0 aliphatic carbocycles. The smallest absolute Gasteiger partial charge is 0.191 e. The number of likely N-dealkylation sites (tertiary alicyclic amines) is 1.